The van der Waals surface area contributed by atoms with E-state index in [-0.39, 0.29) is 13.0 Å². The Balaban J connectivity index is 2.44. The molecule has 0 aromatic rings. The molecule has 6 atom stereocenters. The summed E-state index contributed by atoms with van der Waals surface area (Å²) < 4.78 is 34.0. The monoisotopic (exact) mass is 814 g/mol. The van der Waals surface area contributed by atoms with Crippen molar-refractivity contribution in [3.8, 4) is 0 Å². The van der Waals surface area contributed by atoms with Crippen LogP contribution >= 0.6 is 7.82 Å². The zero-order chi connectivity index (χ0) is 41.3. The van der Waals surface area contributed by atoms with Gasteiger partial charge in [-0.1, -0.05) is 126 Å². The van der Waals surface area contributed by atoms with Gasteiger partial charge < -0.3 is 39.9 Å². The third-order valence-electron chi connectivity index (χ3n) is 9.37. The number of ether oxygens (including phenoxy) is 2. The number of carbonyl (C=O) groups excluding carboxylic acids is 1. The topological polar surface area (TPSA) is 192 Å². The molecule has 1 aliphatic rings. The van der Waals surface area contributed by atoms with Crippen LogP contribution in [0.25, 0.3) is 0 Å². The summed E-state index contributed by atoms with van der Waals surface area (Å²) in [5, 5.41) is 50.0. The van der Waals surface area contributed by atoms with Gasteiger partial charge in [-0.05, 0) is 70.6 Å². The van der Waals surface area contributed by atoms with E-state index in [0.717, 1.165) is 103 Å². The van der Waals surface area contributed by atoms with Gasteiger partial charge in [-0.2, -0.15) is 0 Å². The van der Waals surface area contributed by atoms with Crippen LogP contribution < -0.4 is 0 Å². The number of unbranched alkanes of at least 4 members (excludes halogenated alkanes) is 12. The fourth-order valence-electron chi connectivity index (χ4n) is 5.97. The summed E-state index contributed by atoms with van der Waals surface area (Å²) >= 11 is 0. The van der Waals surface area contributed by atoms with E-state index in [4.69, 9.17) is 18.5 Å². The molecule has 0 aliphatic heterocycles. The van der Waals surface area contributed by atoms with Crippen LogP contribution in [-0.2, 0) is 27.9 Å². The summed E-state index contributed by atoms with van der Waals surface area (Å²) in [6.45, 7) is 4.02. The van der Waals surface area contributed by atoms with E-state index in [1.807, 2.05) is 0 Å². The number of rotatable bonds is 34. The minimum atomic E-state index is -5.02. The highest BCUT2D eigenvalue weighted by atomic mass is 31.2. The van der Waals surface area contributed by atoms with Crippen molar-refractivity contribution in [2.75, 3.05) is 19.8 Å². The zero-order valence-corrected chi connectivity index (χ0v) is 35.1. The predicted molar refractivity (Wildman–Crippen MR) is 221 cm³/mol. The maximum atomic E-state index is 12.8. The van der Waals surface area contributed by atoms with Crippen LogP contribution in [0.4, 0.5) is 0 Å². The molecule has 1 saturated carbocycles. The standard InChI is InChI=1S/C43H75O12P/c1-3-5-7-9-11-13-15-16-17-18-19-20-21-23-25-27-29-31-33-52-34-36(54-37(44)32-30-28-26-24-22-14-12-10-8-6-4-2)35-53-56(50,51)55-43-41(48)39(46)38(45)40(47)42(43)49/h5,7,10-13,16-17,19-20,36,38-43,45-49H,3-4,6,8-9,14-15,18,21-35H2,1-2H3,(H,50,51)/b7-5-,12-10-,13-11-,17-16-,20-19-. The first-order valence-electron chi connectivity index (χ1n) is 21.1. The third-order valence-corrected chi connectivity index (χ3v) is 10.4. The number of phosphoric acid groups is 1. The van der Waals surface area contributed by atoms with Crippen LogP contribution in [-0.4, -0.2) is 98.9 Å². The van der Waals surface area contributed by atoms with Gasteiger partial charge in [0.05, 0.1) is 13.2 Å². The summed E-state index contributed by atoms with van der Waals surface area (Å²) in [4.78, 5) is 23.0. The summed E-state index contributed by atoms with van der Waals surface area (Å²) in [6.07, 6.45) is 28.7. The van der Waals surface area contributed by atoms with Crippen LogP contribution in [0.2, 0.25) is 0 Å². The molecule has 324 valence electrons. The Kier molecular flexibility index (Phi) is 31.6. The Morgan fingerprint density at radius 1 is 0.589 bits per heavy atom. The van der Waals surface area contributed by atoms with E-state index in [2.05, 4.69) is 74.6 Å². The maximum Gasteiger partial charge on any atom is 0.472 e. The van der Waals surface area contributed by atoms with Crippen molar-refractivity contribution < 1.29 is 58.3 Å². The average molecular weight is 815 g/mol. The summed E-state index contributed by atoms with van der Waals surface area (Å²) in [7, 11) is -5.02. The fourth-order valence-corrected chi connectivity index (χ4v) is 6.95. The molecular formula is C43H75O12P. The van der Waals surface area contributed by atoms with E-state index in [0.29, 0.717) is 13.0 Å². The molecule has 1 rings (SSSR count). The minimum Gasteiger partial charge on any atom is -0.457 e. The molecular weight excluding hydrogens is 739 g/mol. The number of allylic oxidation sites excluding steroid dienone is 10. The predicted octanol–water partition coefficient (Wildman–Crippen LogP) is 7.86. The number of phosphoric ester groups is 1. The van der Waals surface area contributed by atoms with E-state index < -0.39 is 63.1 Å². The van der Waals surface area contributed by atoms with Crippen molar-refractivity contribution >= 4 is 13.8 Å². The van der Waals surface area contributed by atoms with E-state index in [1.165, 1.54) is 12.8 Å². The van der Waals surface area contributed by atoms with Gasteiger partial charge in [-0.15, -0.1) is 0 Å². The molecule has 0 aromatic carbocycles. The van der Waals surface area contributed by atoms with E-state index in [1.54, 1.807) is 0 Å². The lowest BCUT2D eigenvalue weighted by Crippen LogP contribution is -2.64. The van der Waals surface area contributed by atoms with Crippen LogP contribution in [0.5, 0.6) is 0 Å². The highest BCUT2D eigenvalue weighted by molar-refractivity contribution is 7.47. The summed E-state index contributed by atoms with van der Waals surface area (Å²) in [6, 6.07) is 0. The highest BCUT2D eigenvalue weighted by Gasteiger charge is 2.51. The first-order chi connectivity index (χ1) is 27.0. The Morgan fingerprint density at radius 3 is 1.62 bits per heavy atom. The lowest BCUT2D eigenvalue weighted by Gasteiger charge is -2.41. The first-order valence-corrected chi connectivity index (χ1v) is 22.6. The second-order valence-corrected chi connectivity index (χ2v) is 15.9. The number of aliphatic hydroxyl groups is 5. The molecule has 6 N–H and O–H groups in total. The minimum absolute atomic E-state index is 0.0956. The van der Waals surface area contributed by atoms with Gasteiger partial charge in [0.25, 0.3) is 0 Å². The molecule has 0 heterocycles. The van der Waals surface area contributed by atoms with Crippen molar-refractivity contribution in [3.05, 3.63) is 60.8 Å². The van der Waals surface area contributed by atoms with Gasteiger partial charge in [-0.3, -0.25) is 13.8 Å². The number of hydrogen-bond acceptors (Lipinski definition) is 11. The largest absolute Gasteiger partial charge is 0.472 e. The molecule has 1 aliphatic carbocycles. The van der Waals surface area contributed by atoms with Crippen molar-refractivity contribution in [1.29, 1.82) is 0 Å². The molecule has 0 spiro atoms. The van der Waals surface area contributed by atoms with Crippen LogP contribution in [0.3, 0.4) is 0 Å². The molecule has 0 saturated heterocycles. The molecule has 56 heavy (non-hydrogen) atoms. The number of esters is 1. The lowest BCUT2D eigenvalue weighted by molar-refractivity contribution is -0.220. The second-order valence-electron chi connectivity index (χ2n) is 14.5. The number of carbonyl (C=O) groups is 1. The lowest BCUT2D eigenvalue weighted by atomic mass is 9.85. The second kappa shape index (κ2) is 34.0. The molecule has 0 aromatic heterocycles. The quantitative estimate of drug-likeness (QED) is 0.0160. The Labute approximate surface area is 337 Å². The maximum absolute atomic E-state index is 12.8. The van der Waals surface area contributed by atoms with Crippen LogP contribution in [0.1, 0.15) is 142 Å². The van der Waals surface area contributed by atoms with Crippen molar-refractivity contribution in [1.82, 2.24) is 0 Å². The van der Waals surface area contributed by atoms with Crippen molar-refractivity contribution in [2.24, 2.45) is 0 Å². The first kappa shape index (κ1) is 52.1. The Hall–Kier alpha value is -1.96. The van der Waals surface area contributed by atoms with Gasteiger partial charge in [-0.25, -0.2) is 4.57 Å². The number of aliphatic hydroxyl groups excluding tert-OH is 5. The van der Waals surface area contributed by atoms with Gasteiger partial charge >= 0.3 is 13.8 Å². The Bertz CT molecular complexity index is 1160. The smallest absolute Gasteiger partial charge is 0.457 e. The van der Waals surface area contributed by atoms with Gasteiger partial charge in [0.2, 0.25) is 0 Å². The normalized spacial score (nSPS) is 23.6. The van der Waals surface area contributed by atoms with Gasteiger partial charge in [0.15, 0.2) is 0 Å². The molecule has 13 heteroatoms. The van der Waals surface area contributed by atoms with E-state index in [9.17, 15) is 39.8 Å². The molecule has 1 fully saturated rings. The van der Waals surface area contributed by atoms with Crippen LogP contribution in [0.15, 0.2) is 60.8 Å². The number of hydrogen-bond donors (Lipinski definition) is 6. The molecule has 0 bridgehead atoms. The molecule has 0 amide bonds. The average Bonchev–Trinajstić information content (AvgIpc) is 3.18. The third kappa shape index (κ3) is 26.1. The van der Waals surface area contributed by atoms with Crippen molar-refractivity contribution in [3.63, 3.8) is 0 Å². The van der Waals surface area contributed by atoms with Crippen molar-refractivity contribution in [2.45, 2.75) is 185 Å². The van der Waals surface area contributed by atoms with Crippen LogP contribution in [0, 0.1) is 0 Å². The van der Waals surface area contributed by atoms with E-state index >= 15 is 0 Å². The summed E-state index contributed by atoms with van der Waals surface area (Å²) in [5.74, 6) is -0.499. The molecule has 0 radical (unpaired) electrons. The zero-order valence-electron chi connectivity index (χ0n) is 34.2. The fraction of sp³-hybridized carbons (Fsp3) is 0.744. The van der Waals surface area contributed by atoms with Gasteiger partial charge in [0, 0.05) is 13.0 Å². The molecule has 12 nitrogen and oxygen atoms in total. The summed E-state index contributed by atoms with van der Waals surface area (Å²) in [5.41, 5.74) is 0. The van der Waals surface area contributed by atoms with Gasteiger partial charge in [0.1, 0.15) is 42.7 Å². The molecule has 6 unspecified atom stereocenters. The highest BCUT2D eigenvalue weighted by Crippen LogP contribution is 2.47. The Morgan fingerprint density at radius 2 is 1.05 bits per heavy atom. The SMILES string of the molecule is CC/C=C\C/C=C\C/C=C\C/C=C\CCCCCCCOCC(COP(=O)(O)OC1C(O)C(O)C(O)C(O)C1O)OC(=O)CCCCCCC/C=C\CCCC.